The van der Waals surface area contributed by atoms with E-state index in [1.807, 2.05) is 25.1 Å². The first-order chi connectivity index (χ1) is 10.5. The van der Waals surface area contributed by atoms with Crippen molar-refractivity contribution in [2.45, 2.75) is 6.92 Å². The molecule has 2 aromatic rings. The molecule has 0 saturated carbocycles. The number of carboxylic acid groups (broad SMARTS) is 1. The van der Waals surface area contributed by atoms with E-state index in [-0.39, 0.29) is 4.88 Å². The third-order valence-corrected chi connectivity index (χ3v) is 4.23. The fraction of sp³-hybridized carbons (Fsp3) is 0.200. The molecular weight excluding hydrogens is 370 g/mol. The number of rotatable bonds is 6. The molecule has 0 aliphatic carbocycles. The monoisotopic (exact) mass is 383 g/mol. The lowest BCUT2D eigenvalue weighted by Crippen LogP contribution is -1.96. The number of ether oxygens (including phenoxy) is 2. The zero-order chi connectivity index (χ0) is 16.1. The first-order valence-corrected chi connectivity index (χ1v) is 8.03. The molecule has 1 heterocycles. The first-order valence-electron chi connectivity index (χ1n) is 6.42. The Kier molecular flexibility index (Phi) is 5.57. The van der Waals surface area contributed by atoms with E-state index in [0.29, 0.717) is 23.1 Å². The minimum atomic E-state index is -0.970. The smallest absolute Gasteiger partial charge is 0.347 e. The molecule has 0 amide bonds. The van der Waals surface area contributed by atoms with E-state index in [1.165, 1.54) is 6.20 Å². The highest BCUT2D eigenvalue weighted by molar-refractivity contribution is 9.10. The second-order valence-corrected chi connectivity index (χ2v) is 6.08. The number of carboxylic acids is 1. The van der Waals surface area contributed by atoms with Gasteiger partial charge in [0.1, 0.15) is 9.88 Å². The molecule has 0 fully saturated rings. The second-order valence-electron chi connectivity index (χ2n) is 4.17. The topological polar surface area (TPSA) is 68.7 Å². The van der Waals surface area contributed by atoms with Gasteiger partial charge in [-0.2, -0.15) is 0 Å². The largest absolute Gasteiger partial charge is 0.493 e. The Balaban J connectivity index is 2.26. The van der Waals surface area contributed by atoms with E-state index in [4.69, 9.17) is 14.6 Å². The highest BCUT2D eigenvalue weighted by atomic mass is 79.9. The maximum absolute atomic E-state index is 10.8. The standard InChI is InChI=1S/C15H14BrNO4S/c1-3-21-14-10(16)6-9(7-11(14)20-2)4-5-13-17-8-12(22-13)15(18)19/h4-8H,3H2,1-2H3,(H,18,19)/b5-4-. The zero-order valence-corrected chi connectivity index (χ0v) is 14.4. The van der Waals surface area contributed by atoms with Gasteiger partial charge in [-0.3, -0.25) is 0 Å². The summed E-state index contributed by atoms with van der Waals surface area (Å²) in [6, 6.07) is 3.74. The highest BCUT2D eigenvalue weighted by Crippen LogP contribution is 2.37. The Labute approximate surface area is 140 Å². The Bertz CT molecular complexity index is 712. The number of hydrogen-bond donors (Lipinski definition) is 1. The van der Waals surface area contributed by atoms with Crippen LogP contribution >= 0.6 is 27.3 Å². The Hall–Kier alpha value is -1.86. The van der Waals surface area contributed by atoms with Gasteiger partial charge in [0.25, 0.3) is 0 Å². The number of aromatic carboxylic acids is 1. The van der Waals surface area contributed by atoms with E-state index in [1.54, 1.807) is 13.2 Å². The molecule has 2 rings (SSSR count). The van der Waals surface area contributed by atoms with Crippen molar-refractivity contribution in [3.63, 3.8) is 0 Å². The summed E-state index contributed by atoms with van der Waals surface area (Å²) in [6.45, 7) is 2.45. The predicted octanol–water partition coefficient (Wildman–Crippen LogP) is 4.18. The number of aromatic nitrogens is 1. The predicted molar refractivity (Wildman–Crippen MR) is 89.9 cm³/mol. The number of carbonyl (C=O) groups is 1. The number of benzene rings is 1. The van der Waals surface area contributed by atoms with Gasteiger partial charge in [0.2, 0.25) is 0 Å². The van der Waals surface area contributed by atoms with Crippen LogP contribution in [0.1, 0.15) is 27.2 Å². The van der Waals surface area contributed by atoms with Crippen LogP contribution in [0.2, 0.25) is 0 Å². The number of methoxy groups -OCH3 is 1. The lowest BCUT2D eigenvalue weighted by molar-refractivity contribution is 0.0702. The molecule has 5 nitrogen and oxygen atoms in total. The van der Waals surface area contributed by atoms with E-state index in [9.17, 15) is 4.79 Å². The normalized spacial score (nSPS) is 10.9. The molecule has 0 atom stereocenters. The fourth-order valence-electron chi connectivity index (χ4n) is 1.75. The SMILES string of the molecule is CCOc1c(Br)cc(/C=C\c2ncc(C(=O)O)s2)cc1OC. The van der Waals surface area contributed by atoms with Crippen molar-refractivity contribution in [3.8, 4) is 11.5 Å². The molecule has 1 aromatic carbocycles. The summed E-state index contributed by atoms with van der Waals surface area (Å²) in [6.07, 6.45) is 4.95. The van der Waals surface area contributed by atoms with Crippen LogP contribution in [-0.2, 0) is 0 Å². The molecule has 0 saturated heterocycles. The van der Waals surface area contributed by atoms with Gasteiger partial charge in [0, 0.05) is 0 Å². The maximum atomic E-state index is 10.8. The number of nitrogens with zero attached hydrogens (tertiary/aromatic N) is 1. The molecular formula is C15H14BrNO4S. The number of thiazole rings is 1. The van der Waals surface area contributed by atoms with Gasteiger partial charge < -0.3 is 14.6 Å². The second kappa shape index (κ2) is 7.42. The van der Waals surface area contributed by atoms with Gasteiger partial charge in [-0.25, -0.2) is 9.78 Å². The summed E-state index contributed by atoms with van der Waals surface area (Å²) >= 11 is 4.58. The van der Waals surface area contributed by atoms with Crippen LogP contribution in [0.15, 0.2) is 22.8 Å². The van der Waals surface area contributed by atoms with Crippen molar-refractivity contribution in [2.24, 2.45) is 0 Å². The molecule has 22 heavy (non-hydrogen) atoms. The molecule has 1 aromatic heterocycles. The average Bonchev–Trinajstić information content (AvgIpc) is 2.96. The van der Waals surface area contributed by atoms with Gasteiger partial charge in [0.05, 0.1) is 24.4 Å². The van der Waals surface area contributed by atoms with Crippen LogP contribution in [0.25, 0.3) is 12.2 Å². The summed E-state index contributed by atoms with van der Waals surface area (Å²) < 4.78 is 11.7. The fourth-order valence-corrected chi connectivity index (χ4v) is 2.99. The van der Waals surface area contributed by atoms with Crippen molar-refractivity contribution >= 4 is 45.4 Å². The van der Waals surface area contributed by atoms with E-state index < -0.39 is 5.97 Å². The van der Waals surface area contributed by atoms with Crippen LogP contribution < -0.4 is 9.47 Å². The Morgan fingerprint density at radius 1 is 1.45 bits per heavy atom. The van der Waals surface area contributed by atoms with Crippen molar-refractivity contribution in [1.82, 2.24) is 4.98 Å². The summed E-state index contributed by atoms with van der Waals surface area (Å²) in [7, 11) is 1.58. The molecule has 0 spiro atoms. The zero-order valence-electron chi connectivity index (χ0n) is 12.0. The van der Waals surface area contributed by atoms with Crippen molar-refractivity contribution < 1.29 is 19.4 Å². The molecule has 0 radical (unpaired) electrons. The third-order valence-electron chi connectivity index (χ3n) is 2.69. The van der Waals surface area contributed by atoms with Gasteiger partial charge in [-0.1, -0.05) is 6.08 Å². The van der Waals surface area contributed by atoms with Gasteiger partial charge in [-0.15, -0.1) is 11.3 Å². The van der Waals surface area contributed by atoms with Crippen LogP contribution in [0, 0.1) is 0 Å². The molecule has 0 unspecified atom stereocenters. The van der Waals surface area contributed by atoms with Gasteiger partial charge >= 0.3 is 5.97 Å². The third kappa shape index (κ3) is 3.86. The summed E-state index contributed by atoms with van der Waals surface area (Å²) in [5.74, 6) is 0.313. The van der Waals surface area contributed by atoms with E-state index in [2.05, 4.69) is 20.9 Å². The number of halogens is 1. The molecule has 1 N–H and O–H groups in total. The van der Waals surface area contributed by atoms with Crippen LogP contribution in [0.4, 0.5) is 0 Å². The minimum Gasteiger partial charge on any atom is -0.493 e. The average molecular weight is 384 g/mol. The number of hydrogen-bond acceptors (Lipinski definition) is 5. The van der Waals surface area contributed by atoms with Crippen molar-refractivity contribution in [3.05, 3.63) is 38.3 Å². The molecule has 0 aliphatic heterocycles. The Morgan fingerprint density at radius 2 is 2.23 bits per heavy atom. The lowest BCUT2D eigenvalue weighted by atomic mass is 10.2. The van der Waals surface area contributed by atoms with E-state index in [0.717, 1.165) is 21.4 Å². The summed E-state index contributed by atoms with van der Waals surface area (Å²) in [5, 5.41) is 9.51. The lowest BCUT2D eigenvalue weighted by Gasteiger charge is -2.12. The van der Waals surface area contributed by atoms with Gasteiger partial charge in [0.15, 0.2) is 11.5 Å². The summed E-state index contributed by atoms with van der Waals surface area (Å²) in [5.41, 5.74) is 0.888. The minimum absolute atomic E-state index is 0.213. The van der Waals surface area contributed by atoms with Crippen molar-refractivity contribution in [2.75, 3.05) is 13.7 Å². The van der Waals surface area contributed by atoms with Gasteiger partial charge in [-0.05, 0) is 46.6 Å². The highest BCUT2D eigenvalue weighted by Gasteiger charge is 2.10. The van der Waals surface area contributed by atoms with Crippen LogP contribution in [0.3, 0.4) is 0 Å². The molecule has 0 bridgehead atoms. The van der Waals surface area contributed by atoms with Crippen LogP contribution in [0.5, 0.6) is 11.5 Å². The van der Waals surface area contributed by atoms with Crippen molar-refractivity contribution in [1.29, 1.82) is 0 Å². The van der Waals surface area contributed by atoms with E-state index >= 15 is 0 Å². The van der Waals surface area contributed by atoms with Crippen LogP contribution in [-0.4, -0.2) is 29.8 Å². The summed E-state index contributed by atoms with van der Waals surface area (Å²) in [4.78, 5) is 15.1. The molecule has 0 aliphatic rings. The Morgan fingerprint density at radius 3 is 2.82 bits per heavy atom. The molecule has 116 valence electrons. The first kappa shape index (κ1) is 16.5. The quantitative estimate of drug-likeness (QED) is 0.809. The molecule has 7 heteroatoms. The maximum Gasteiger partial charge on any atom is 0.347 e.